The van der Waals surface area contributed by atoms with Crippen molar-refractivity contribution >= 4 is 11.6 Å². The molecule has 1 fully saturated rings. The normalized spacial score (nSPS) is 17.9. The molecule has 180 valence electrons. The highest BCUT2D eigenvalue weighted by Crippen LogP contribution is 2.42. The summed E-state index contributed by atoms with van der Waals surface area (Å²) in [6, 6.07) is 20.5. The van der Waals surface area contributed by atoms with E-state index in [1.165, 1.54) is 5.56 Å². The summed E-state index contributed by atoms with van der Waals surface area (Å²) in [4.78, 5) is 36.9. The number of hydrogen-bond acceptors (Lipinski definition) is 7. The number of carbonyl (C=O) groups excluding carboxylic acids is 2. The van der Waals surface area contributed by atoms with Crippen LogP contribution in [0.15, 0.2) is 66.7 Å². The Hall–Kier alpha value is -3.55. The number of piperazine rings is 1. The molecule has 1 aliphatic heterocycles. The third kappa shape index (κ3) is 4.00. The van der Waals surface area contributed by atoms with Gasteiger partial charge in [-0.15, -0.1) is 0 Å². The predicted octanol–water partition coefficient (Wildman–Crippen LogP) is 3.58. The number of Topliss-reactive ketones (excluding diaryl/α,β-unsaturated/α-hetero) is 2. The fourth-order valence-corrected chi connectivity index (χ4v) is 5.17. The zero-order valence-electron chi connectivity index (χ0n) is 20.1. The summed E-state index contributed by atoms with van der Waals surface area (Å²) in [5.74, 6) is 0.832. The Labute approximate surface area is 205 Å². The first-order chi connectivity index (χ1) is 17.1. The Kier molecular flexibility index (Phi) is 6.36. The summed E-state index contributed by atoms with van der Waals surface area (Å²) < 4.78 is 11.0. The lowest BCUT2D eigenvalue weighted by Crippen LogP contribution is -2.60. The van der Waals surface area contributed by atoms with E-state index in [0.29, 0.717) is 42.4 Å². The average Bonchev–Trinajstić information content (AvgIpc) is 3.12. The quantitative estimate of drug-likeness (QED) is 0.488. The van der Waals surface area contributed by atoms with Crippen molar-refractivity contribution in [3.63, 3.8) is 0 Å². The zero-order chi connectivity index (χ0) is 24.4. The van der Waals surface area contributed by atoms with Crippen LogP contribution in [0.4, 0.5) is 0 Å². The maximum atomic E-state index is 14.0. The highest BCUT2D eigenvalue weighted by atomic mass is 16.5. The largest absolute Gasteiger partial charge is 0.497 e. The Morgan fingerprint density at radius 1 is 0.886 bits per heavy atom. The molecule has 5 rings (SSSR count). The molecule has 2 heterocycles. The van der Waals surface area contributed by atoms with Gasteiger partial charge in [-0.25, -0.2) is 4.98 Å². The van der Waals surface area contributed by atoms with Crippen molar-refractivity contribution in [1.82, 2.24) is 14.8 Å². The lowest BCUT2D eigenvalue weighted by atomic mass is 9.85. The lowest BCUT2D eigenvalue weighted by Gasteiger charge is -2.43. The fraction of sp³-hybridized carbons (Fsp3) is 0.321. The maximum absolute atomic E-state index is 14.0. The van der Waals surface area contributed by atoms with Gasteiger partial charge in [-0.05, 0) is 30.7 Å². The van der Waals surface area contributed by atoms with Crippen LogP contribution in [0.3, 0.4) is 0 Å². The lowest BCUT2D eigenvalue weighted by molar-refractivity contribution is 0.0265. The van der Waals surface area contributed by atoms with Crippen molar-refractivity contribution in [2.45, 2.75) is 19.0 Å². The molecule has 0 N–H and O–H groups in total. The minimum atomic E-state index is -1.47. The zero-order valence-corrected chi connectivity index (χ0v) is 20.1. The second-order valence-corrected chi connectivity index (χ2v) is 8.82. The van der Waals surface area contributed by atoms with E-state index in [9.17, 15) is 9.59 Å². The van der Waals surface area contributed by atoms with Crippen molar-refractivity contribution < 1.29 is 19.1 Å². The first kappa shape index (κ1) is 23.2. The summed E-state index contributed by atoms with van der Waals surface area (Å²) in [5.41, 5.74) is 1.04. The van der Waals surface area contributed by atoms with Gasteiger partial charge in [0.2, 0.25) is 5.88 Å². The Bertz CT molecular complexity index is 1220. The molecule has 1 saturated heterocycles. The third-order valence-corrected chi connectivity index (χ3v) is 6.85. The summed E-state index contributed by atoms with van der Waals surface area (Å²) in [6.45, 7) is 5.69. The minimum Gasteiger partial charge on any atom is -0.497 e. The number of benzene rings is 2. The van der Waals surface area contributed by atoms with Crippen LogP contribution in [0.1, 0.15) is 38.9 Å². The van der Waals surface area contributed by atoms with Gasteiger partial charge in [0, 0.05) is 49.9 Å². The predicted molar refractivity (Wildman–Crippen MR) is 132 cm³/mol. The molecule has 0 bridgehead atoms. The van der Waals surface area contributed by atoms with Crippen LogP contribution < -0.4 is 9.47 Å². The van der Waals surface area contributed by atoms with Crippen LogP contribution in [0.25, 0.3) is 0 Å². The number of ketones is 2. The van der Waals surface area contributed by atoms with E-state index in [0.717, 1.165) is 25.4 Å². The molecule has 3 aromatic rings. The molecule has 0 saturated carbocycles. The molecule has 7 nitrogen and oxygen atoms in total. The van der Waals surface area contributed by atoms with Crippen LogP contribution in [-0.2, 0) is 12.1 Å². The molecule has 2 aromatic carbocycles. The van der Waals surface area contributed by atoms with Crippen molar-refractivity contribution in [3.05, 3.63) is 89.1 Å². The summed E-state index contributed by atoms with van der Waals surface area (Å²) in [6.07, 6.45) is 0. The third-order valence-electron chi connectivity index (χ3n) is 6.85. The van der Waals surface area contributed by atoms with E-state index in [-0.39, 0.29) is 11.6 Å². The Morgan fingerprint density at radius 2 is 1.57 bits per heavy atom. The van der Waals surface area contributed by atoms with Crippen LogP contribution in [0.2, 0.25) is 0 Å². The highest BCUT2D eigenvalue weighted by Gasteiger charge is 2.59. The molecule has 0 amide bonds. The van der Waals surface area contributed by atoms with E-state index in [1.807, 2.05) is 30.0 Å². The molecule has 0 atom stereocenters. The van der Waals surface area contributed by atoms with E-state index >= 15 is 0 Å². The van der Waals surface area contributed by atoms with Crippen LogP contribution in [0, 0.1) is 0 Å². The van der Waals surface area contributed by atoms with Gasteiger partial charge in [0.05, 0.1) is 19.4 Å². The van der Waals surface area contributed by atoms with Gasteiger partial charge >= 0.3 is 0 Å². The number of hydrogen-bond donors (Lipinski definition) is 0. The minimum absolute atomic E-state index is 0.208. The van der Waals surface area contributed by atoms with Gasteiger partial charge in [-0.3, -0.25) is 19.4 Å². The van der Waals surface area contributed by atoms with Crippen molar-refractivity contribution in [2.75, 3.05) is 39.9 Å². The van der Waals surface area contributed by atoms with Gasteiger partial charge < -0.3 is 9.47 Å². The van der Waals surface area contributed by atoms with Gasteiger partial charge in [0.1, 0.15) is 5.75 Å². The number of fused-ring (bicyclic) bond motifs is 1. The number of carbonyl (C=O) groups is 2. The molecule has 0 unspecified atom stereocenters. The molecule has 1 aliphatic carbocycles. The van der Waals surface area contributed by atoms with Crippen LogP contribution in [-0.4, -0.2) is 66.2 Å². The molecule has 0 spiro atoms. The molecular formula is C28H29N3O4. The van der Waals surface area contributed by atoms with E-state index in [4.69, 9.17) is 9.47 Å². The second-order valence-electron chi connectivity index (χ2n) is 8.82. The summed E-state index contributed by atoms with van der Waals surface area (Å²) >= 11 is 0. The van der Waals surface area contributed by atoms with Crippen molar-refractivity contribution in [1.29, 1.82) is 0 Å². The smallest absolute Gasteiger partial charge is 0.213 e. The monoisotopic (exact) mass is 471 g/mol. The topological polar surface area (TPSA) is 72.0 Å². The standard InChI is InChI=1S/C28H29N3O4/c1-3-35-25-13-7-12-24(29-25)28(26(32)22-10-4-5-11-23(22)27(28)33)31-16-14-30(15-17-31)19-20-8-6-9-21(18-20)34-2/h4-13,18H,3,14-17,19H2,1-2H3. The SMILES string of the molecule is CCOc1cccc(C2(N3CCN(Cc4cccc(OC)c4)CC3)C(=O)c3ccccc3C2=O)n1. The van der Waals surface area contributed by atoms with Gasteiger partial charge in [0.15, 0.2) is 17.1 Å². The first-order valence-corrected chi connectivity index (χ1v) is 12.0. The van der Waals surface area contributed by atoms with Gasteiger partial charge in [-0.1, -0.05) is 42.5 Å². The summed E-state index contributed by atoms with van der Waals surface area (Å²) in [5, 5.41) is 0. The Balaban J connectivity index is 1.46. The fourth-order valence-electron chi connectivity index (χ4n) is 5.17. The molecular weight excluding hydrogens is 442 g/mol. The highest BCUT2D eigenvalue weighted by molar-refractivity contribution is 6.32. The van der Waals surface area contributed by atoms with Crippen LogP contribution >= 0.6 is 0 Å². The van der Waals surface area contributed by atoms with E-state index in [1.54, 1.807) is 49.6 Å². The number of ether oxygens (including phenoxy) is 2. The number of nitrogens with zero attached hydrogens (tertiary/aromatic N) is 3. The number of pyridine rings is 1. The number of aromatic nitrogens is 1. The Morgan fingerprint density at radius 3 is 2.23 bits per heavy atom. The molecule has 0 radical (unpaired) electrons. The molecule has 1 aromatic heterocycles. The van der Waals surface area contributed by atoms with Gasteiger partial charge in [-0.2, -0.15) is 0 Å². The number of rotatable bonds is 7. The molecule has 35 heavy (non-hydrogen) atoms. The van der Waals surface area contributed by atoms with Crippen molar-refractivity contribution in [2.24, 2.45) is 0 Å². The first-order valence-electron chi connectivity index (χ1n) is 12.0. The van der Waals surface area contributed by atoms with Crippen molar-refractivity contribution in [3.8, 4) is 11.6 Å². The second kappa shape index (κ2) is 9.60. The van der Waals surface area contributed by atoms with E-state index in [2.05, 4.69) is 16.0 Å². The molecule has 7 heteroatoms. The van der Waals surface area contributed by atoms with Crippen LogP contribution in [0.5, 0.6) is 11.6 Å². The maximum Gasteiger partial charge on any atom is 0.213 e. The average molecular weight is 472 g/mol. The molecule has 2 aliphatic rings. The summed E-state index contributed by atoms with van der Waals surface area (Å²) in [7, 11) is 1.67. The van der Waals surface area contributed by atoms with Gasteiger partial charge in [0.25, 0.3) is 0 Å². The number of methoxy groups -OCH3 is 1. The van der Waals surface area contributed by atoms with E-state index < -0.39 is 5.54 Å².